The second kappa shape index (κ2) is 9.54. The standard InChI is InChI=1S/C16H14P.C10H15.2FH.Zr/c1-12-11-13-7-5-6-10-15(13)16(12)17-14-8-3-2-4-9-14;1-7-6-10(4,5)9(3)8(7)2;;;/h2-11,17H,1H3;1-5H3;2*1H;/q;;;;+2/p-2. The van der Waals surface area contributed by atoms with E-state index < -0.39 is 23.2 Å². The van der Waals surface area contributed by atoms with E-state index in [1.165, 1.54) is 10.9 Å². The molecule has 0 saturated carbocycles. The van der Waals surface area contributed by atoms with Crippen molar-refractivity contribution in [1.29, 1.82) is 0 Å². The zero-order valence-electron chi connectivity index (χ0n) is 18.5. The Labute approximate surface area is 193 Å². The summed E-state index contributed by atoms with van der Waals surface area (Å²) in [5, 5.41) is 3.05. The zero-order valence-corrected chi connectivity index (χ0v) is 22.0. The van der Waals surface area contributed by atoms with E-state index in [9.17, 15) is 0 Å². The molecule has 4 rings (SSSR count). The number of hydrogen-bond donors (Lipinski definition) is 0. The first-order chi connectivity index (χ1) is 13.3. The van der Waals surface area contributed by atoms with Gasteiger partial charge < -0.3 is 9.41 Å². The topological polar surface area (TPSA) is 0 Å². The van der Waals surface area contributed by atoms with Crippen LogP contribution in [-0.4, -0.2) is 0 Å². The summed E-state index contributed by atoms with van der Waals surface area (Å²) in [5.74, 6) is 0. The number of benzene rings is 2. The minimum Gasteiger partial charge on any atom is -1.00 e. The molecule has 0 saturated heterocycles. The van der Waals surface area contributed by atoms with E-state index >= 15 is 0 Å². The molecule has 0 aliphatic heterocycles. The van der Waals surface area contributed by atoms with Gasteiger partial charge >= 0.3 is 184 Å². The molecule has 0 radical (unpaired) electrons. The number of halogens is 2. The van der Waals surface area contributed by atoms with Gasteiger partial charge in [0.25, 0.3) is 0 Å². The molecular weight excluding hydrogens is 472 g/mol. The van der Waals surface area contributed by atoms with Gasteiger partial charge in [0.2, 0.25) is 0 Å². The fraction of sp³-hybridized carbons (Fsp3) is 0.308. The van der Waals surface area contributed by atoms with E-state index in [-0.39, 0.29) is 14.8 Å². The largest absolute Gasteiger partial charge is 1.00 e. The third kappa shape index (κ3) is 4.13. The molecule has 0 heterocycles. The molecule has 156 valence electrons. The molecule has 2 aliphatic rings. The Hall–Kier alpha value is -1.17. The van der Waals surface area contributed by atoms with Crippen LogP contribution in [0, 0.1) is 5.41 Å². The van der Waals surface area contributed by atoms with Crippen molar-refractivity contribution >= 4 is 19.2 Å². The fourth-order valence-corrected chi connectivity index (χ4v) is 11.3. The van der Waals surface area contributed by atoms with Gasteiger partial charge in [-0.1, -0.05) is 0 Å². The van der Waals surface area contributed by atoms with Crippen LogP contribution in [0.25, 0.3) is 5.31 Å². The van der Waals surface area contributed by atoms with Crippen molar-refractivity contribution in [1.82, 2.24) is 0 Å². The second-order valence-electron chi connectivity index (χ2n) is 8.59. The van der Waals surface area contributed by atoms with Crippen LogP contribution in [0.4, 0.5) is 0 Å². The van der Waals surface area contributed by atoms with Crippen LogP contribution in [0.2, 0.25) is 0 Å². The molecule has 0 N–H and O–H groups in total. The average Bonchev–Trinajstić information content (AvgIpc) is 3.03. The summed E-state index contributed by atoms with van der Waals surface area (Å²) < 4.78 is 2.48. The summed E-state index contributed by atoms with van der Waals surface area (Å²) in [7, 11) is 0.755. The SMILES string of the molecule is CC1=C(C)C(C)(C)[C]([Zr+2][CH]2C(C)=C(Pc3ccccc3)c3ccccc32)=C1C.[F-].[F-]. The summed E-state index contributed by atoms with van der Waals surface area (Å²) in [5.41, 5.74) is 9.74. The molecule has 2 aromatic carbocycles. The van der Waals surface area contributed by atoms with E-state index in [0.717, 1.165) is 8.58 Å². The predicted octanol–water partition coefficient (Wildman–Crippen LogP) is 1.22. The van der Waals surface area contributed by atoms with Crippen LogP contribution in [0.3, 0.4) is 0 Å². The van der Waals surface area contributed by atoms with Crippen LogP contribution in [0.1, 0.15) is 56.3 Å². The quantitative estimate of drug-likeness (QED) is 0.553. The van der Waals surface area contributed by atoms with Crippen molar-refractivity contribution in [2.75, 3.05) is 0 Å². The Morgan fingerprint density at radius 2 is 1.40 bits per heavy atom. The third-order valence-electron chi connectivity index (χ3n) is 6.76. The first-order valence-corrected chi connectivity index (χ1v) is 13.8. The number of rotatable bonds is 4. The molecule has 2 aliphatic carbocycles. The molecule has 0 amide bonds. The Morgan fingerprint density at radius 3 is 2.00 bits per heavy atom. The monoisotopic (exact) mass is 500 g/mol. The molecule has 4 heteroatoms. The van der Waals surface area contributed by atoms with Gasteiger partial charge in [-0.3, -0.25) is 0 Å². The predicted molar refractivity (Wildman–Crippen MR) is 121 cm³/mol. The van der Waals surface area contributed by atoms with Crippen molar-refractivity contribution in [3.05, 3.63) is 91.3 Å². The van der Waals surface area contributed by atoms with Crippen molar-refractivity contribution in [3.8, 4) is 0 Å². The Balaban J connectivity index is 0.00000160. The van der Waals surface area contributed by atoms with Crippen LogP contribution in [0.15, 0.2) is 80.2 Å². The van der Waals surface area contributed by atoms with Crippen molar-refractivity contribution in [3.63, 3.8) is 0 Å². The summed E-state index contributed by atoms with van der Waals surface area (Å²) in [6, 6.07) is 20.2. The van der Waals surface area contributed by atoms with Gasteiger partial charge in [0.1, 0.15) is 0 Å². The van der Waals surface area contributed by atoms with Gasteiger partial charge in [-0.25, -0.2) is 0 Å². The van der Waals surface area contributed by atoms with Crippen molar-refractivity contribution < 1.29 is 32.6 Å². The maximum atomic E-state index is 2.45. The Morgan fingerprint density at radius 1 is 0.800 bits per heavy atom. The molecule has 0 spiro atoms. The molecule has 2 aromatic rings. The van der Waals surface area contributed by atoms with E-state index in [1.807, 2.05) is 0 Å². The zero-order chi connectivity index (χ0) is 20.1. The van der Waals surface area contributed by atoms with E-state index in [2.05, 4.69) is 96.1 Å². The Bertz CT molecular complexity index is 1030. The maximum Gasteiger partial charge on any atom is -1.00 e. The molecular formula is C26H29F2PZr. The average molecular weight is 502 g/mol. The molecule has 2 atom stereocenters. The molecule has 0 fully saturated rings. The summed E-state index contributed by atoms with van der Waals surface area (Å²) in [6.45, 7) is 14.4. The van der Waals surface area contributed by atoms with E-state index in [4.69, 9.17) is 0 Å². The van der Waals surface area contributed by atoms with Crippen LogP contribution >= 0.6 is 8.58 Å². The van der Waals surface area contributed by atoms with Crippen molar-refractivity contribution in [2.24, 2.45) is 5.41 Å². The fourth-order valence-electron chi connectivity index (χ4n) is 4.61. The summed E-state index contributed by atoms with van der Waals surface area (Å²) in [4.78, 5) is 0. The van der Waals surface area contributed by atoms with E-state index in [1.54, 1.807) is 36.5 Å². The van der Waals surface area contributed by atoms with Gasteiger partial charge in [-0.2, -0.15) is 0 Å². The third-order valence-corrected chi connectivity index (χ3v) is 14.0. The van der Waals surface area contributed by atoms with Gasteiger partial charge in [-0.15, -0.1) is 0 Å². The van der Waals surface area contributed by atoms with Crippen molar-refractivity contribution in [2.45, 2.75) is 45.2 Å². The minimum absolute atomic E-state index is 0. The Kier molecular flexibility index (Phi) is 7.98. The normalized spacial score (nSPS) is 19.7. The van der Waals surface area contributed by atoms with Gasteiger partial charge in [0, 0.05) is 0 Å². The smallest absolute Gasteiger partial charge is 1.00 e. The molecule has 30 heavy (non-hydrogen) atoms. The first-order valence-electron chi connectivity index (χ1n) is 10.1. The molecule has 0 nitrogen and oxygen atoms in total. The number of fused-ring (bicyclic) bond motifs is 1. The van der Waals surface area contributed by atoms with Gasteiger partial charge in [0.05, 0.1) is 0 Å². The van der Waals surface area contributed by atoms with Gasteiger partial charge in [0.15, 0.2) is 0 Å². The minimum atomic E-state index is -0.798. The molecule has 2 unspecified atom stereocenters. The second-order valence-corrected chi connectivity index (χ2v) is 13.3. The van der Waals surface area contributed by atoms with Gasteiger partial charge in [-0.05, 0) is 0 Å². The number of allylic oxidation sites excluding steroid dienone is 5. The number of hydrogen-bond acceptors (Lipinski definition) is 0. The molecule has 0 aromatic heterocycles. The first kappa shape index (κ1) is 25.1. The van der Waals surface area contributed by atoms with Crippen LogP contribution in [0.5, 0.6) is 0 Å². The van der Waals surface area contributed by atoms with Crippen LogP contribution in [-0.2, 0) is 23.2 Å². The molecule has 0 bridgehead atoms. The van der Waals surface area contributed by atoms with Crippen LogP contribution < -0.4 is 14.7 Å². The van der Waals surface area contributed by atoms with E-state index in [0.29, 0.717) is 3.63 Å². The summed E-state index contributed by atoms with van der Waals surface area (Å²) >= 11 is -0.798. The maximum absolute atomic E-state index is 2.45. The summed E-state index contributed by atoms with van der Waals surface area (Å²) in [6.07, 6.45) is 0.